The first-order chi connectivity index (χ1) is 17.0. The van der Waals surface area contributed by atoms with E-state index in [1.807, 2.05) is 39.9 Å². The van der Waals surface area contributed by atoms with E-state index in [2.05, 4.69) is 43.0 Å². The Morgan fingerprint density at radius 2 is 1.91 bits per heavy atom. The Bertz CT molecular complexity index is 1500. The third-order valence-corrected chi connectivity index (χ3v) is 7.74. The monoisotopic (exact) mass is 485 g/mol. The highest BCUT2D eigenvalue weighted by Crippen LogP contribution is 2.33. The molecule has 178 valence electrons. The number of thiophene rings is 1. The fourth-order valence-electron chi connectivity index (χ4n) is 4.84. The van der Waals surface area contributed by atoms with E-state index < -0.39 is 0 Å². The van der Waals surface area contributed by atoms with E-state index in [4.69, 9.17) is 9.40 Å². The number of pyridine rings is 1. The highest BCUT2D eigenvalue weighted by molar-refractivity contribution is 7.15. The molecule has 1 aromatic carbocycles. The maximum atomic E-state index is 13.8. The van der Waals surface area contributed by atoms with Crippen LogP contribution in [0.25, 0.3) is 32.7 Å². The Morgan fingerprint density at radius 1 is 1.11 bits per heavy atom. The van der Waals surface area contributed by atoms with E-state index in [0.717, 1.165) is 51.4 Å². The number of aryl methyl sites for hydroxylation is 1. The zero-order valence-corrected chi connectivity index (χ0v) is 20.9. The molecular weight excluding hydrogens is 458 g/mol. The number of carbonyl (C=O) groups is 1. The molecule has 7 nitrogen and oxygen atoms in total. The zero-order chi connectivity index (χ0) is 24.1. The van der Waals surface area contributed by atoms with Crippen LogP contribution < -0.4 is 0 Å². The van der Waals surface area contributed by atoms with Crippen molar-refractivity contribution in [3.8, 4) is 10.6 Å². The second-order valence-electron chi connectivity index (χ2n) is 9.47. The van der Waals surface area contributed by atoms with E-state index in [0.29, 0.717) is 18.7 Å². The Hall–Kier alpha value is -3.52. The molecule has 1 aliphatic rings. The average molecular weight is 486 g/mol. The molecule has 1 amide bonds. The van der Waals surface area contributed by atoms with Crippen LogP contribution >= 0.6 is 11.3 Å². The van der Waals surface area contributed by atoms with Crippen LogP contribution in [0.1, 0.15) is 59.8 Å². The third-order valence-electron chi connectivity index (χ3n) is 6.72. The number of fused-ring (bicyclic) bond motifs is 2. The lowest BCUT2D eigenvalue weighted by molar-refractivity contribution is 0.0708. The first kappa shape index (κ1) is 22.0. The molecule has 0 aliphatic carbocycles. The topological polar surface area (TPSA) is 77.0 Å². The summed E-state index contributed by atoms with van der Waals surface area (Å²) in [6, 6.07) is 14.1. The predicted octanol–water partition coefficient (Wildman–Crippen LogP) is 6.21. The minimum Gasteiger partial charge on any atom is -0.440 e. The van der Waals surface area contributed by atoms with Crippen molar-refractivity contribution in [1.82, 2.24) is 24.6 Å². The van der Waals surface area contributed by atoms with Gasteiger partial charge in [-0.2, -0.15) is 5.10 Å². The summed E-state index contributed by atoms with van der Waals surface area (Å²) in [6.45, 7) is 7.57. The Morgan fingerprint density at radius 3 is 2.63 bits per heavy atom. The van der Waals surface area contributed by atoms with Gasteiger partial charge in [-0.25, -0.2) is 14.6 Å². The van der Waals surface area contributed by atoms with Gasteiger partial charge in [-0.1, -0.05) is 12.1 Å². The number of para-hydroxylation sites is 2. The van der Waals surface area contributed by atoms with Gasteiger partial charge < -0.3 is 9.32 Å². The van der Waals surface area contributed by atoms with Crippen molar-refractivity contribution in [1.29, 1.82) is 0 Å². The van der Waals surface area contributed by atoms with E-state index >= 15 is 0 Å². The molecule has 1 aliphatic heterocycles. The van der Waals surface area contributed by atoms with Crippen LogP contribution in [-0.4, -0.2) is 43.6 Å². The van der Waals surface area contributed by atoms with Gasteiger partial charge in [0.05, 0.1) is 27.7 Å². The summed E-state index contributed by atoms with van der Waals surface area (Å²) in [5, 5.41) is 5.37. The van der Waals surface area contributed by atoms with E-state index in [9.17, 15) is 4.79 Å². The molecular formula is C27H27N5O2S. The van der Waals surface area contributed by atoms with E-state index in [1.165, 1.54) is 4.88 Å². The lowest BCUT2D eigenvalue weighted by Crippen LogP contribution is -2.38. The number of hydrogen-bond donors (Lipinski definition) is 0. The van der Waals surface area contributed by atoms with Gasteiger partial charge in [0, 0.05) is 29.9 Å². The predicted molar refractivity (Wildman–Crippen MR) is 138 cm³/mol. The fourth-order valence-corrected chi connectivity index (χ4v) is 5.66. The summed E-state index contributed by atoms with van der Waals surface area (Å²) in [5.41, 5.74) is 3.96. The maximum Gasteiger partial charge on any atom is 0.254 e. The molecule has 0 atom stereocenters. The van der Waals surface area contributed by atoms with Crippen molar-refractivity contribution in [2.75, 3.05) is 13.1 Å². The molecule has 6 rings (SSSR count). The van der Waals surface area contributed by atoms with E-state index in [1.54, 1.807) is 17.5 Å². The van der Waals surface area contributed by atoms with Crippen molar-refractivity contribution in [3.05, 3.63) is 65.0 Å². The van der Waals surface area contributed by atoms with Gasteiger partial charge in [0.15, 0.2) is 17.1 Å². The average Bonchev–Trinajstić information content (AvgIpc) is 3.60. The standard InChI is InChI=1S/C27H27N5O2S/c1-16(2)32-25-20(15-28-32)19(14-22(29-25)24-9-8-17(3)35-24)27(33)31-12-10-18(11-13-31)26-30-21-6-4-5-7-23(21)34-26/h4-9,14-16,18H,10-13H2,1-3H3. The van der Waals surface area contributed by atoms with Crippen molar-refractivity contribution < 1.29 is 9.21 Å². The number of piperidine rings is 1. The minimum atomic E-state index is 0.0336. The summed E-state index contributed by atoms with van der Waals surface area (Å²) in [7, 11) is 0. The SMILES string of the molecule is Cc1ccc(-c2cc(C(=O)N3CCC(c4nc5ccccc5o4)CC3)c3cnn(C(C)C)c3n2)s1. The second kappa shape index (κ2) is 8.61. The molecule has 0 unspecified atom stereocenters. The van der Waals surface area contributed by atoms with Gasteiger partial charge >= 0.3 is 0 Å². The summed E-state index contributed by atoms with van der Waals surface area (Å²) in [4.78, 5) is 27.6. The normalized spacial score (nSPS) is 15.0. The third kappa shape index (κ3) is 3.91. The summed E-state index contributed by atoms with van der Waals surface area (Å²) < 4.78 is 7.90. The van der Waals surface area contributed by atoms with Crippen molar-refractivity contribution >= 4 is 39.4 Å². The molecule has 5 aromatic rings. The number of nitrogens with zero attached hydrogens (tertiary/aromatic N) is 5. The summed E-state index contributed by atoms with van der Waals surface area (Å²) >= 11 is 1.69. The quantitative estimate of drug-likeness (QED) is 0.302. The second-order valence-corrected chi connectivity index (χ2v) is 10.8. The van der Waals surface area contributed by atoms with Gasteiger partial charge in [0.2, 0.25) is 0 Å². The van der Waals surface area contributed by atoms with Crippen LogP contribution in [0, 0.1) is 6.92 Å². The van der Waals surface area contributed by atoms with Crippen molar-refractivity contribution in [2.24, 2.45) is 0 Å². The van der Waals surface area contributed by atoms with Crippen LogP contribution in [0.15, 0.2) is 53.1 Å². The number of benzene rings is 1. The number of amides is 1. The Kier molecular flexibility index (Phi) is 5.40. The van der Waals surface area contributed by atoms with Gasteiger partial charge in [-0.15, -0.1) is 11.3 Å². The van der Waals surface area contributed by atoms with E-state index in [-0.39, 0.29) is 17.9 Å². The summed E-state index contributed by atoms with van der Waals surface area (Å²) in [5.74, 6) is 1.03. The van der Waals surface area contributed by atoms with Crippen LogP contribution in [0.5, 0.6) is 0 Å². The molecule has 1 fully saturated rings. The molecule has 0 spiro atoms. The van der Waals surface area contributed by atoms with Gasteiger partial charge in [0.25, 0.3) is 5.91 Å². The molecule has 4 aromatic heterocycles. The maximum absolute atomic E-state index is 13.8. The first-order valence-electron chi connectivity index (χ1n) is 12.1. The Balaban J connectivity index is 1.30. The number of likely N-dealkylation sites (tertiary alicyclic amines) is 1. The lowest BCUT2D eigenvalue weighted by Gasteiger charge is -2.31. The largest absolute Gasteiger partial charge is 0.440 e. The number of oxazole rings is 1. The lowest BCUT2D eigenvalue weighted by atomic mass is 9.96. The smallest absolute Gasteiger partial charge is 0.254 e. The molecule has 0 bridgehead atoms. The number of carbonyl (C=O) groups excluding carboxylic acids is 1. The molecule has 1 saturated heterocycles. The van der Waals surface area contributed by atoms with Crippen LogP contribution in [0.4, 0.5) is 0 Å². The fraction of sp³-hybridized carbons (Fsp3) is 0.333. The Labute approximate surface area is 207 Å². The molecule has 35 heavy (non-hydrogen) atoms. The van der Waals surface area contributed by atoms with Gasteiger partial charge in [-0.05, 0) is 63.9 Å². The molecule has 0 saturated carbocycles. The molecule has 8 heteroatoms. The van der Waals surface area contributed by atoms with Crippen molar-refractivity contribution in [2.45, 2.75) is 45.6 Å². The molecule has 0 radical (unpaired) electrons. The number of rotatable bonds is 4. The first-order valence-corrected chi connectivity index (χ1v) is 12.9. The van der Waals surface area contributed by atoms with Crippen LogP contribution in [-0.2, 0) is 0 Å². The molecule has 0 N–H and O–H groups in total. The molecule has 5 heterocycles. The zero-order valence-electron chi connectivity index (χ0n) is 20.1. The van der Waals surface area contributed by atoms with Crippen molar-refractivity contribution in [3.63, 3.8) is 0 Å². The van der Waals surface area contributed by atoms with Crippen LogP contribution in [0.2, 0.25) is 0 Å². The van der Waals surface area contributed by atoms with Gasteiger partial charge in [0.1, 0.15) is 5.52 Å². The number of aromatic nitrogens is 4. The van der Waals surface area contributed by atoms with Gasteiger partial charge in [-0.3, -0.25) is 4.79 Å². The highest BCUT2D eigenvalue weighted by Gasteiger charge is 2.29. The number of hydrogen-bond acceptors (Lipinski definition) is 6. The highest BCUT2D eigenvalue weighted by atomic mass is 32.1. The minimum absolute atomic E-state index is 0.0336. The summed E-state index contributed by atoms with van der Waals surface area (Å²) in [6.07, 6.45) is 3.44. The van der Waals surface area contributed by atoms with Crippen LogP contribution in [0.3, 0.4) is 0 Å².